The molecular formula is C16H13NO4S2. The van der Waals surface area contributed by atoms with Gasteiger partial charge in [-0.3, -0.25) is 0 Å². The van der Waals surface area contributed by atoms with Gasteiger partial charge in [0.15, 0.2) is 10.0 Å². The van der Waals surface area contributed by atoms with Crippen LogP contribution in [0, 0.1) is 0 Å². The second kappa shape index (κ2) is 6.89. The summed E-state index contributed by atoms with van der Waals surface area (Å²) in [6.07, 6.45) is 0. The molecule has 1 N–H and O–H groups in total. The molecule has 0 unspecified atom stereocenters. The zero-order chi connectivity index (χ0) is 16.2. The van der Waals surface area contributed by atoms with Crippen LogP contribution in [0.25, 0.3) is 11.3 Å². The molecule has 2 heterocycles. The molecule has 0 aliphatic rings. The van der Waals surface area contributed by atoms with Gasteiger partial charge in [0.05, 0.1) is 12.9 Å². The minimum absolute atomic E-state index is 0.0778. The molecule has 3 aromatic rings. The number of hydrogen-bond donors (Lipinski definition) is 1. The van der Waals surface area contributed by atoms with Crippen LogP contribution >= 0.6 is 23.1 Å². The van der Waals surface area contributed by atoms with Crippen LogP contribution < -0.4 is 4.74 Å². The minimum Gasteiger partial charge on any atom is -0.497 e. The van der Waals surface area contributed by atoms with Gasteiger partial charge in [-0.2, -0.15) is 0 Å². The van der Waals surface area contributed by atoms with Crippen molar-refractivity contribution < 1.29 is 19.1 Å². The molecule has 0 aliphatic carbocycles. The van der Waals surface area contributed by atoms with E-state index in [0.717, 1.165) is 22.8 Å². The average molecular weight is 347 g/mol. The first-order valence-corrected chi connectivity index (χ1v) is 8.57. The average Bonchev–Trinajstić information content (AvgIpc) is 3.22. The quantitative estimate of drug-likeness (QED) is 0.666. The van der Waals surface area contributed by atoms with Crippen LogP contribution in [-0.2, 0) is 5.75 Å². The lowest BCUT2D eigenvalue weighted by Gasteiger charge is -2.01. The first kappa shape index (κ1) is 15.6. The van der Waals surface area contributed by atoms with Crippen molar-refractivity contribution in [3.63, 3.8) is 0 Å². The van der Waals surface area contributed by atoms with Crippen molar-refractivity contribution in [3.05, 3.63) is 53.2 Å². The molecule has 0 saturated heterocycles. The van der Waals surface area contributed by atoms with Gasteiger partial charge in [0.1, 0.15) is 17.3 Å². The zero-order valence-electron chi connectivity index (χ0n) is 12.2. The number of furan rings is 1. The fourth-order valence-electron chi connectivity index (χ4n) is 1.94. The standard InChI is InChI=1S/C16H13NO4S2/c1-20-11-4-2-3-10(7-11)14-6-5-12(21-14)8-22-16-17-13(9-23-16)15(18)19/h2-7,9H,8H2,1H3,(H,18,19). The Balaban J connectivity index is 1.68. The molecule has 1 aromatic carbocycles. The molecule has 5 nitrogen and oxygen atoms in total. The molecule has 3 rings (SSSR count). The fraction of sp³-hybridized carbons (Fsp3) is 0.125. The maximum absolute atomic E-state index is 10.8. The third kappa shape index (κ3) is 3.75. The highest BCUT2D eigenvalue weighted by Gasteiger charge is 2.11. The van der Waals surface area contributed by atoms with Crippen molar-refractivity contribution in [2.75, 3.05) is 7.11 Å². The van der Waals surface area contributed by atoms with Gasteiger partial charge in [0.2, 0.25) is 0 Å². The minimum atomic E-state index is -1.01. The molecule has 0 saturated carbocycles. The van der Waals surface area contributed by atoms with E-state index in [1.807, 2.05) is 36.4 Å². The lowest BCUT2D eigenvalue weighted by molar-refractivity contribution is 0.0691. The van der Waals surface area contributed by atoms with E-state index in [4.69, 9.17) is 14.3 Å². The van der Waals surface area contributed by atoms with Crippen LogP contribution in [0.1, 0.15) is 16.2 Å². The van der Waals surface area contributed by atoms with Crippen molar-refractivity contribution in [2.24, 2.45) is 0 Å². The Bertz CT molecular complexity index is 825. The third-order valence-corrected chi connectivity index (χ3v) is 5.10. The number of ether oxygens (including phenoxy) is 1. The molecule has 0 spiro atoms. The first-order valence-electron chi connectivity index (χ1n) is 6.70. The summed E-state index contributed by atoms with van der Waals surface area (Å²) in [4.78, 5) is 14.8. The lowest BCUT2D eigenvalue weighted by Crippen LogP contribution is -1.95. The Morgan fingerprint density at radius 3 is 3.00 bits per heavy atom. The Morgan fingerprint density at radius 2 is 2.26 bits per heavy atom. The molecule has 0 atom stereocenters. The van der Waals surface area contributed by atoms with Crippen LogP contribution in [0.4, 0.5) is 0 Å². The van der Waals surface area contributed by atoms with Gasteiger partial charge in [-0.05, 0) is 24.3 Å². The lowest BCUT2D eigenvalue weighted by atomic mass is 10.2. The van der Waals surface area contributed by atoms with E-state index in [1.165, 1.54) is 28.5 Å². The second-order valence-electron chi connectivity index (χ2n) is 4.59. The summed E-state index contributed by atoms with van der Waals surface area (Å²) in [6.45, 7) is 0. The maximum Gasteiger partial charge on any atom is 0.355 e. The van der Waals surface area contributed by atoms with Gasteiger partial charge in [-0.25, -0.2) is 9.78 Å². The summed E-state index contributed by atoms with van der Waals surface area (Å²) in [7, 11) is 1.63. The highest BCUT2D eigenvalue weighted by atomic mass is 32.2. The van der Waals surface area contributed by atoms with Crippen LogP contribution in [0.2, 0.25) is 0 Å². The summed E-state index contributed by atoms with van der Waals surface area (Å²) >= 11 is 2.77. The van der Waals surface area contributed by atoms with Gasteiger partial charge >= 0.3 is 5.97 Å². The fourth-order valence-corrected chi connectivity index (χ4v) is 3.64. The van der Waals surface area contributed by atoms with E-state index in [9.17, 15) is 4.79 Å². The molecule has 0 aliphatic heterocycles. The van der Waals surface area contributed by atoms with Crippen molar-refractivity contribution in [3.8, 4) is 17.1 Å². The molecular weight excluding hydrogens is 334 g/mol. The third-order valence-electron chi connectivity index (χ3n) is 3.06. The van der Waals surface area contributed by atoms with Crippen molar-refractivity contribution >= 4 is 29.1 Å². The SMILES string of the molecule is COc1cccc(-c2ccc(CSc3nc(C(=O)O)cs3)o2)c1. The van der Waals surface area contributed by atoms with Crippen LogP contribution in [0.15, 0.2) is 50.5 Å². The number of rotatable bonds is 6. The number of thiazole rings is 1. The zero-order valence-corrected chi connectivity index (χ0v) is 13.8. The highest BCUT2D eigenvalue weighted by Crippen LogP contribution is 2.30. The van der Waals surface area contributed by atoms with Gasteiger partial charge in [0.25, 0.3) is 0 Å². The van der Waals surface area contributed by atoms with Crippen LogP contribution in [-0.4, -0.2) is 23.2 Å². The number of methoxy groups -OCH3 is 1. The van der Waals surface area contributed by atoms with Gasteiger partial charge in [-0.1, -0.05) is 23.9 Å². The molecule has 7 heteroatoms. The summed E-state index contributed by atoms with van der Waals surface area (Å²) in [5, 5.41) is 10.4. The van der Waals surface area contributed by atoms with Crippen molar-refractivity contribution in [1.29, 1.82) is 0 Å². The van der Waals surface area contributed by atoms with Gasteiger partial charge in [0, 0.05) is 10.9 Å². The van der Waals surface area contributed by atoms with E-state index in [2.05, 4.69) is 4.98 Å². The Hall–Kier alpha value is -2.25. The normalized spacial score (nSPS) is 10.7. The number of aromatic carboxylic acids is 1. The largest absolute Gasteiger partial charge is 0.497 e. The molecule has 23 heavy (non-hydrogen) atoms. The van der Waals surface area contributed by atoms with Crippen LogP contribution in [0.3, 0.4) is 0 Å². The Labute approximate surface area is 140 Å². The molecule has 0 radical (unpaired) electrons. The molecule has 2 aromatic heterocycles. The number of carbonyl (C=O) groups is 1. The van der Waals surface area contributed by atoms with E-state index in [-0.39, 0.29) is 5.69 Å². The van der Waals surface area contributed by atoms with E-state index in [1.54, 1.807) is 7.11 Å². The number of benzene rings is 1. The van der Waals surface area contributed by atoms with E-state index < -0.39 is 5.97 Å². The number of thioether (sulfide) groups is 1. The molecule has 0 bridgehead atoms. The highest BCUT2D eigenvalue weighted by molar-refractivity contribution is 8.00. The van der Waals surface area contributed by atoms with E-state index in [0.29, 0.717) is 10.1 Å². The predicted molar refractivity (Wildman–Crippen MR) is 89.3 cm³/mol. The number of carboxylic acid groups (broad SMARTS) is 1. The van der Waals surface area contributed by atoms with Gasteiger partial charge < -0.3 is 14.3 Å². The molecule has 118 valence electrons. The van der Waals surface area contributed by atoms with E-state index >= 15 is 0 Å². The number of carboxylic acids is 1. The monoisotopic (exact) mass is 347 g/mol. The van der Waals surface area contributed by atoms with Crippen molar-refractivity contribution in [1.82, 2.24) is 4.98 Å². The first-order chi connectivity index (χ1) is 11.2. The predicted octanol–water partition coefficient (Wildman–Crippen LogP) is 4.40. The van der Waals surface area contributed by atoms with Crippen LogP contribution in [0.5, 0.6) is 5.75 Å². The summed E-state index contributed by atoms with van der Waals surface area (Å²) in [5.74, 6) is 1.94. The summed E-state index contributed by atoms with van der Waals surface area (Å²) < 4.78 is 11.7. The number of aromatic nitrogens is 1. The Kier molecular flexibility index (Phi) is 4.68. The number of hydrogen-bond acceptors (Lipinski definition) is 6. The summed E-state index contributed by atoms with van der Waals surface area (Å²) in [5.41, 5.74) is 1.03. The van der Waals surface area contributed by atoms with Gasteiger partial charge in [-0.15, -0.1) is 11.3 Å². The maximum atomic E-state index is 10.8. The second-order valence-corrected chi connectivity index (χ2v) is 6.67. The number of nitrogens with zero attached hydrogens (tertiary/aromatic N) is 1. The van der Waals surface area contributed by atoms with Crippen molar-refractivity contribution in [2.45, 2.75) is 10.1 Å². The molecule has 0 fully saturated rings. The topological polar surface area (TPSA) is 72.6 Å². The summed E-state index contributed by atoms with van der Waals surface area (Å²) in [6, 6.07) is 11.5. The smallest absolute Gasteiger partial charge is 0.355 e. The Morgan fingerprint density at radius 1 is 1.39 bits per heavy atom. The molecule has 0 amide bonds.